The van der Waals surface area contributed by atoms with Gasteiger partial charge in [0.05, 0.1) is 30.1 Å². The molecule has 0 aliphatic carbocycles. The molecule has 0 bridgehead atoms. The second-order valence-electron chi connectivity index (χ2n) is 9.70. The molecule has 0 radical (unpaired) electrons. The Morgan fingerprint density at radius 2 is 1.79 bits per heavy atom. The number of nitrogens with zero attached hydrogens (tertiary/aromatic N) is 4. The molecule has 0 saturated carbocycles. The molecule has 1 fully saturated rings. The number of aromatic nitrogens is 2. The van der Waals surface area contributed by atoms with E-state index in [-0.39, 0.29) is 5.97 Å². The van der Waals surface area contributed by atoms with E-state index in [1.807, 2.05) is 33.2 Å². The number of ether oxygens (including phenoxy) is 1. The molecule has 7 heteroatoms. The molecule has 2 aromatic heterocycles. The smallest absolute Gasteiger partial charge is 0.320 e. The van der Waals surface area contributed by atoms with Gasteiger partial charge in [0.25, 0.3) is 0 Å². The van der Waals surface area contributed by atoms with Crippen molar-refractivity contribution in [3.8, 4) is 16.8 Å². The van der Waals surface area contributed by atoms with E-state index in [0.29, 0.717) is 6.54 Å². The van der Waals surface area contributed by atoms with Gasteiger partial charge in [-0.3, -0.25) is 14.3 Å². The normalized spacial score (nSPS) is 15.1. The van der Waals surface area contributed by atoms with E-state index < -0.39 is 5.60 Å². The molecule has 7 nitrogen and oxygen atoms in total. The van der Waals surface area contributed by atoms with Crippen LogP contribution >= 0.6 is 0 Å². The van der Waals surface area contributed by atoms with Crippen LogP contribution < -0.4 is 4.90 Å². The van der Waals surface area contributed by atoms with Crippen LogP contribution in [0.3, 0.4) is 0 Å². The van der Waals surface area contributed by atoms with Crippen LogP contribution in [0.2, 0.25) is 0 Å². The summed E-state index contributed by atoms with van der Waals surface area (Å²) in [5.41, 5.74) is 5.94. The van der Waals surface area contributed by atoms with Gasteiger partial charge in [-0.25, -0.2) is 4.98 Å². The van der Waals surface area contributed by atoms with Gasteiger partial charge in [-0.2, -0.15) is 0 Å². The Morgan fingerprint density at radius 1 is 1.00 bits per heavy atom. The first-order valence-electron chi connectivity index (χ1n) is 11.6. The Kier molecular flexibility index (Phi) is 5.87. The molecular formula is C27H30N4O3. The minimum absolute atomic E-state index is 0.161. The van der Waals surface area contributed by atoms with E-state index in [9.17, 15) is 4.79 Å². The van der Waals surface area contributed by atoms with Gasteiger partial charge in [0.15, 0.2) is 0 Å². The third kappa shape index (κ3) is 4.84. The van der Waals surface area contributed by atoms with Gasteiger partial charge >= 0.3 is 5.97 Å². The fraction of sp³-hybridized carbons (Fsp3) is 0.333. The van der Waals surface area contributed by atoms with Crippen LogP contribution in [0.1, 0.15) is 20.8 Å². The van der Waals surface area contributed by atoms with Crippen molar-refractivity contribution in [1.82, 2.24) is 14.5 Å². The maximum absolute atomic E-state index is 12.2. The summed E-state index contributed by atoms with van der Waals surface area (Å²) in [7, 11) is 0. The summed E-state index contributed by atoms with van der Waals surface area (Å²) in [6, 6.07) is 16.8. The Balaban J connectivity index is 1.28. The zero-order valence-electron chi connectivity index (χ0n) is 19.9. The summed E-state index contributed by atoms with van der Waals surface area (Å²) in [6.45, 7) is 9.43. The van der Waals surface area contributed by atoms with E-state index in [0.717, 1.165) is 54.0 Å². The number of fused-ring (bicyclic) bond motifs is 1. The Hall–Kier alpha value is -3.58. The molecule has 5 rings (SSSR count). The standard InChI is InChI=1S/C27H30N4O3/c1-27(2,3)34-26(32)17-29-10-12-30(13-11-29)22-5-4-6-23(16-22)31-19-28-24-15-20(7-8-25(24)31)21-9-14-33-18-21/h4-9,14-16,18-19H,10-13,17H2,1-3H3. The van der Waals surface area contributed by atoms with E-state index >= 15 is 0 Å². The minimum Gasteiger partial charge on any atom is -0.472 e. The highest BCUT2D eigenvalue weighted by molar-refractivity contribution is 5.83. The number of esters is 1. The molecule has 4 aromatic rings. The summed E-state index contributed by atoms with van der Waals surface area (Å²) in [4.78, 5) is 21.3. The first-order chi connectivity index (χ1) is 16.4. The Bertz CT molecular complexity index is 1280. The summed E-state index contributed by atoms with van der Waals surface area (Å²) in [5, 5.41) is 0. The topological polar surface area (TPSA) is 63.7 Å². The van der Waals surface area contributed by atoms with Gasteiger partial charge in [0.1, 0.15) is 11.9 Å². The van der Waals surface area contributed by atoms with Crippen molar-refractivity contribution < 1.29 is 13.9 Å². The van der Waals surface area contributed by atoms with Crippen molar-refractivity contribution in [3.05, 3.63) is 67.4 Å². The fourth-order valence-electron chi connectivity index (χ4n) is 4.39. The number of carbonyl (C=O) groups is 1. The van der Waals surface area contributed by atoms with Gasteiger partial charge in [-0.15, -0.1) is 0 Å². The van der Waals surface area contributed by atoms with Crippen molar-refractivity contribution in [3.63, 3.8) is 0 Å². The number of anilines is 1. The van der Waals surface area contributed by atoms with Crippen molar-refractivity contribution in [2.24, 2.45) is 0 Å². The summed E-state index contributed by atoms with van der Waals surface area (Å²) >= 11 is 0. The number of benzene rings is 2. The second kappa shape index (κ2) is 8.99. The zero-order chi connectivity index (χ0) is 23.7. The van der Waals surface area contributed by atoms with Crippen molar-refractivity contribution >= 4 is 22.7 Å². The SMILES string of the molecule is CC(C)(C)OC(=O)CN1CCN(c2cccc(-n3cnc4cc(-c5ccoc5)ccc43)c2)CC1. The van der Waals surface area contributed by atoms with E-state index in [4.69, 9.17) is 9.15 Å². The molecule has 0 amide bonds. The first-order valence-corrected chi connectivity index (χ1v) is 11.6. The number of imidazole rings is 1. The largest absolute Gasteiger partial charge is 0.472 e. The van der Waals surface area contributed by atoms with Crippen molar-refractivity contribution in [2.45, 2.75) is 26.4 Å². The third-order valence-electron chi connectivity index (χ3n) is 6.02. The second-order valence-corrected chi connectivity index (χ2v) is 9.70. The van der Waals surface area contributed by atoms with Gasteiger partial charge in [0, 0.05) is 43.1 Å². The van der Waals surface area contributed by atoms with Crippen LogP contribution in [0.4, 0.5) is 5.69 Å². The maximum atomic E-state index is 12.2. The van der Waals surface area contributed by atoms with E-state index in [1.54, 1.807) is 12.5 Å². The van der Waals surface area contributed by atoms with Crippen LogP contribution in [0.25, 0.3) is 27.8 Å². The molecule has 0 unspecified atom stereocenters. The molecule has 176 valence electrons. The quantitative estimate of drug-likeness (QED) is 0.402. The predicted molar refractivity (Wildman–Crippen MR) is 133 cm³/mol. The molecule has 34 heavy (non-hydrogen) atoms. The van der Waals surface area contributed by atoms with Crippen LogP contribution in [0.5, 0.6) is 0 Å². The number of carbonyl (C=O) groups excluding carboxylic acids is 1. The van der Waals surface area contributed by atoms with Gasteiger partial charge in [-0.1, -0.05) is 12.1 Å². The molecular weight excluding hydrogens is 428 g/mol. The molecule has 1 saturated heterocycles. The zero-order valence-corrected chi connectivity index (χ0v) is 19.9. The summed E-state index contributed by atoms with van der Waals surface area (Å²) < 4.78 is 12.8. The molecule has 1 aliphatic rings. The maximum Gasteiger partial charge on any atom is 0.320 e. The van der Waals surface area contributed by atoms with Crippen LogP contribution in [0, 0.1) is 0 Å². The minimum atomic E-state index is -0.447. The van der Waals surface area contributed by atoms with Crippen molar-refractivity contribution in [2.75, 3.05) is 37.6 Å². The number of furan rings is 1. The van der Waals surface area contributed by atoms with Crippen LogP contribution in [-0.4, -0.2) is 58.7 Å². The Labute approximate surface area is 199 Å². The molecule has 2 aromatic carbocycles. The Morgan fingerprint density at radius 3 is 2.53 bits per heavy atom. The summed E-state index contributed by atoms with van der Waals surface area (Å²) in [6.07, 6.45) is 5.30. The molecule has 3 heterocycles. The molecule has 0 N–H and O–H groups in total. The van der Waals surface area contributed by atoms with Crippen LogP contribution in [0.15, 0.2) is 71.8 Å². The number of piperazine rings is 1. The lowest BCUT2D eigenvalue weighted by molar-refractivity contribution is -0.156. The average Bonchev–Trinajstić information content (AvgIpc) is 3.48. The van der Waals surface area contributed by atoms with Crippen molar-refractivity contribution in [1.29, 1.82) is 0 Å². The lowest BCUT2D eigenvalue weighted by Crippen LogP contribution is -2.48. The van der Waals surface area contributed by atoms with E-state index in [2.05, 4.69) is 61.8 Å². The monoisotopic (exact) mass is 458 g/mol. The highest BCUT2D eigenvalue weighted by Crippen LogP contribution is 2.27. The average molecular weight is 459 g/mol. The first kappa shape index (κ1) is 22.2. The lowest BCUT2D eigenvalue weighted by atomic mass is 10.1. The van der Waals surface area contributed by atoms with E-state index in [1.165, 1.54) is 5.69 Å². The predicted octanol–water partition coefficient (Wildman–Crippen LogP) is 4.75. The number of hydrogen-bond acceptors (Lipinski definition) is 6. The van der Waals surface area contributed by atoms with Gasteiger partial charge < -0.3 is 14.1 Å². The van der Waals surface area contributed by atoms with Gasteiger partial charge in [0.2, 0.25) is 0 Å². The molecule has 0 atom stereocenters. The summed E-state index contributed by atoms with van der Waals surface area (Å²) in [5.74, 6) is -0.161. The third-order valence-corrected chi connectivity index (χ3v) is 6.02. The molecule has 1 aliphatic heterocycles. The highest BCUT2D eigenvalue weighted by Gasteiger charge is 2.23. The lowest BCUT2D eigenvalue weighted by Gasteiger charge is -2.36. The van der Waals surface area contributed by atoms with Gasteiger partial charge in [-0.05, 0) is 62.7 Å². The van der Waals surface area contributed by atoms with Crippen LogP contribution in [-0.2, 0) is 9.53 Å². The highest BCUT2D eigenvalue weighted by atomic mass is 16.6. The molecule has 0 spiro atoms. The number of hydrogen-bond donors (Lipinski definition) is 0. The number of rotatable bonds is 5. The fourth-order valence-corrected chi connectivity index (χ4v) is 4.39.